The zero-order chi connectivity index (χ0) is 13.2. The number of aliphatic imine (C=N–C) groups is 1. The number of hydrogen-bond acceptors (Lipinski definition) is 3. The van der Waals surface area contributed by atoms with Crippen molar-refractivity contribution in [3.8, 4) is 0 Å². The number of rotatable bonds is 7. The van der Waals surface area contributed by atoms with Crippen LogP contribution in [0.1, 0.15) is 18.2 Å². The highest BCUT2D eigenvalue weighted by molar-refractivity contribution is 14.0. The van der Waals surface area contributed by atoms with Crippen LogP contribution < -0.4 is 10.6 Å². The summed E-state index contributed by atoms with van der Waals surface area (Å²) in [5.74, 6) is 0.830. The number of nitrogens with one attached hydrogen (secondary N) is 2. The second kappa shape index (κ2) is 11.9. The largest absolute Gasteiger partial charge is 0.382 e. The van der Waals surface area contributed by atoms with Gasteiger partial charge in [-0.25, -0.2) is 0 Å². The highest BCUT2D eigenvalue weighted by Gasteiger charge is 2.00. The lowest BCUT2D eigenvalue weighted by Gasteiger charge is -2.10. The predicted molar refractivity (Wildman–Crippen MR) is 96.7 cm³/mol. The number of halogens is 2. The molecule has 0 spiro atoms. The molecule has 0 fully saturated rings. The molecule has 4 nitrogen and oxygen atoms in total. The quantitative estimate of drug-likeness (QED) is 0.283. The Morgan fingerprint density at radius 1 is 1.42 bits per heavy atom. The highest BCUT2D eigenvalue weighted by Crippen LogP contribution is 2.21. The second-order valence-electron chi connectivity index (χ2n) is 3.61. The minimum atomic E-state index is 0. The van der Waals surface area contributed by atoms with Crippen molar-refractivity contribution in [3.63, 3.8) is 0 Å². The Balaban J connectivity index is 0.00000324. The molecule has 1 heterocycles. The van der Waals surface area contributed by atoms with Crippen LogP contribution in [0.4, 0.5) is 0 Å². The van der Waals surface area contributed by atoms with Crippen molar-refractivity contribution >= 4 is 57.2 Å². The Hall–Kier alpha value is 0.140. The van der Waals surface area contributed by atoms with Crippen LogP contribution in [0.2, 0.25) is 0 Å². The Bertz CT molecular complexity index is 374. The molecule has 0 saturated heterocycles. The minimum Gasteiger partial charge on any atom is -0.382 e. The van der Waals surface area contributed by atoms with Gasteiger partial charge < -0.3 is 15.4 Å². The first-order valence-electron chi connectivity index (χ1n) is 6.02. The predicted octanol–water partition coefficient (Wildman–Crippen LogP) is 3.22. The lowest BCUT2D eigenvalue weighted by atomic mass is 10.4. The monoisotopic (exact) mass is 461 g/mol. The van der Waals surface area contributed by atoms with E-state index in [4.69, 9.17) is 4.74 Å². The first-order chi connectivity index (χ1) is 8.76. The molecule has 0 aromatic carbocycles. The lowest BCUT2D eigenvalue weighted by molar-refractivity contribution is 0.145. The highest BCUT2D eigenvalue weighted by atomic mass is 127. The zero-order valence-corrected chi connectivity index (χ0v) is 16.0. The van der Waals surface area contributed by atoms with Crippen molar-refractivity contribution in [1.29, 1.82) is 0 Å². The molecule has 7 heteroatoms. The minimum absolute atomic E-state index is 0. The first-order valence-corrected chi connectivity index (χ1v) is 7.63. The summed E-state index contributed by atoms with van der Waals surface area (Å²) in [7, 11) is 1.78. The van der Waals surface area contributed by atoms with Gasteiger partial charge in [0.15, 0.2) is 5.96 Å². The topological polar surface area (TPSA) is 45.6 Å². The molecule has 1 aromatic heterocycles. The van der Waals surface area contributed by atoms with Gasteiger partial charge in [-0.15, -0.1) is 35.3 Å². The normalized spacial score (nSPS) is 11.0. The Morgan fingerprint density at radius 3 is 2.79 bits per heavy atom. The van der Waals surface area contributed by atoms with E-state index in [1.807, 2.05) is 6.92 Å². The fourth-order valence-corrected chi connectivity index (χ4v) is 2.79. The summed E-state index contributed by atoms with van der Waals surface area (Å²) in [6, 6.07) is 4.16. The van der Waals surface area contributed by atoms with E-state index in [-0.39, 0.29) is 24.0 Å². The molecule has 0 saturated carbocycles. The van der Waals surface area contributed by atoms with E-state index in [1.54, 1.807) is 18.4 Å². The van der Waals surface area contributed by atoms with Gasteiger partial charge in [-0.1, -0.05) is 0 Å². The van der Waals surface area contributed by atoms with Crippen LogP contribution in [-0.2, 0) is 11.3 Å². The van der Waals surface area contributed by atoms with Crippen molar-refractivity contribution in [3.05, 3.63) is 20.8 Å². The first kappa shape index (κ1) is 19.1. The van der Waals surface area contributed by atoms with E-state index < -0.39 is 0 Å². The molecule has 0 unspecified atom stereocenters. The van der Waals surface area contributed by atoms with Gasteiger partial charge in [0.1, 0.15) is 0 Å². The van der Waals surface area contributed by atoms with E-state index in [2.05, 4.69) is 43.7 Å². The molecule has 0 amide bonds. The van der Waals surface area contributed by atoms with Gasteiger partial charge in [0.2, 0.25) is 0 Å². The Morgan fingerprint density at radius 2 is 2.21 bits per heavy atom. The number of thiophene rings is 1. The molecule has 0 aliphatic heterocycles. The molecule has 1 aromatic rings. The molecule has 0 aliphatic carbocycles. The summed E-state index contributed by atoms with van der Waals surface area (Å²) in [5.41, 5.74) is 0. The Labute approximate surface area is 144 Å². The summed E-state index contributed by atoms with van der Waals surface area (Å²) in [4.78, 5) is 5.45. The molecular weight excluding hydrogens is 441 g/mol. The van der Waals surface area contributed by atoms with Crippen molar-refractivity contribution in [1.82, 2.24) is 10.6 Å². The molecule has 19 heavy (non-hydrogen) atoms. The molecule has 110 valence electrons. The maximum atomic E-state index is 5.28. The van der Waals surface area contributed by atoms with Crippen LogP contribution >= 0.6 is 51.2 Å². The van der Waals surface area contributed by atoms with Gasteiger partial charge in [-0.05, 0) is 41.4 Å². The molecule has 2 N–H and O–H groups in total. The molecular formula is C12H21BrIN3OS. The van der Waals surface area contributed by atoms with E-state index >= 15 is 0 Å². The van der Waals surface area contributed by atoms with Gasteiger partial charge >= 0.3 is 0 Å². The molecule has 0 bridgehead atoms. The zero-order valence-electron chi connectivity index (χ0n) is 11.2. The third kappa shape index (κ3) is 8.83. The molecule has 0 radical (unpaired) electrons. The van der Waals surface area contributed by atoms with Gasteiger partial charge in [-0.2, -0.15) is 0 Å². The fraction of sp³-hybridized carbons (Fsp3) is 0.583. The van der Waals surface area contributed by atoms with Gasteiger partial charge in [-0.3, -0.25) is 4.99 Å². The summed E-state index contributed by atoms with van der Waals surface area (Å²) >= 11 is 5.18. The fourth-order valence-electron chi connectivity index (χ4n) is 1.36. The van der Waals surface area contributed by atoms with E-state index in [0.29, 0.717) is 0 Å². The summed E-state index contributed by atoms with van der Waals surface area (Å²) in [5, 5.41) is 6.53. The van der Waals surface area contributed by atoms with Crippen molar-refractivity contribution in [2.24, 2.45) is 4.99 Å². The lowest BCUT2D eigenvalue weighted by Crippen LogP contribution is -2.37. The van der Waals surface area contributed by atoms with E-state index in [1.165, 1.54) is 4.88 Å². The van der Waals surface area contributed by atoms with Gasteiger partial charge in [0, 0.05) is 31.7 Å². The summed E-state index contributed by atoms with van der Waals surface area (Å²) in [6.45, 7) is 5.24. The van der Waals surface area contributed by atoms with E-state index in [0.717, 1.165) is 42.5 Å². The summed E-state index contributed by atoms with van der Waals surface area (Å²) in [6.07, 6.45) is 0.985. The average Bonchev–Trinajstić information content (AvgIpc) is 2.78. The number of nitrogens with zero attached hydrogens (tertiary/aromatic N) is 1. The standard InChI is InChI=1S/C12H20BrN3OS.HI/c1-3-17-8-4-7-15-12(14-2)16-9-10-5-6-11(13)18-10;/h5-6H,3-4,7-9H2,1-2H3,(H2,14,15,16);1H. The average molecular weight is 462 g/mol. The van der Waals surface area contributed by atoms with Crippen molar-refractivity contribution in [2.75, 3.05) is 26.8 Å². The van der Waals surface area contributed by atoms with Crippen LogP contribution in [0, 0.1) is 0 Å². The van der Waals surface area contributed by atoms with Crippen LogP contribution in [0.15, 0.2) is 20.9 Å². The maximum absolute atomic E-state index is 5.28. The number of hydrogen-bond donors (Lipinski definition) is 2. The van der Waals surface area contributed by atoms with Gasteiger partial charge in [0.25, 0.3) is 0 Å². The molecule has 0 aliphatic rings. The third-order valence-corrected chi connectivity index (χ3v) is 3.87. The third-order valence-electron chi connectivity index (χ3n) is 2.24. The number of ether oxygens (including phenoxy) is 1. The second-order valence-corrected chi connectivity index (χ2v) is 6.16. The SMILES string of the molecule is CCOCCCNC(=NC)NCc1ccc(Br)s1.I. The smallest absolute Gasteiger partial charge is 0.191 e. The van der Waals surface area contributed by atoms with E-state index in [9.17, 15) is 0 Å². The van der Waals surface area contributed by atoms with Crippen LogP contribution in [0.25, 0.3) is 0 Å². The van der Waals surface area contributed by atoms with Crippen molar-refractivity contribution < 1.29 is 4.74 Å². The van der Waals surface area contributed by atoms with Gasteiger partial charge in [0.05, 0.1) is 10.3 Å². The summed E-state index contributed by atoms with van der Waals surface area (Å²) < 4.78 is 6.43. The Kier molecular flexibility index (Phi) is 12.0. The van der Waals surface area contributed by atoms with Crippen LogP contribution in [-0.4, -0.2) is 32.8 Å². The van der Waals surface area contributed by atoms with Crippen LogP contribution in [0.3, 0.4) is 0 Å². The van der Waals surface area contributed by atoms with Crippen LogP contribution in [0.5, 0.6) is 0 Å². The van der Waals surface area contributed by atoms with Crippen molar-refractivity contribution in [2.45, 2.75) is 19.9 Å². The number of guanidine groups is 1. The maximum Gasteiger partial charge on any atom is 0.191 e. The molecule has 0 atom stereocenters. The molecule has 1 rings (SSSR count).